The van der Waals surface area contributed by atoms with Crippen molar-refractivity contribution in [2.75, 3.05) is 4.90 Å². The molecule has 0 aliphatic heterocycles. The molecule has 0 fully saturated rings. The van der Waals surface area contributed by atoms with Gasteiger partial charge in [0.25, 0.3) is 0 Å². The van der Waals surface area contributed by atoms with Gasteiger partial charge in [-0.25, -0.2) is 0 Å². The van der Waals surface area contributed by atoms with Gasteiger partial charge in [-0.1, -0.05) is 146 Å². The van der Waals surface area contributed by atoms with Crippen LogP contribution < -0.4 is 4.90 Å². The van der Waals surface area contributed by atoms with Crippen LogP contribution in [0.2, 0.25) is 0 Å². The predicted octanol–water partition coefficient (Wildman–Crippen LogP) is 13.4. The van der Waals surface area contributed by atoms with Gasteiger partial charge in [-0.05, 0) is 92.0 Å². The predicted molar refractivity (Wildman–Crippen MR) is 213 cm³/mol. The monoisotopic (exact) mass is 636 g/mol. The van der Waals surface area contributed by atoms with Crippen LogP contribution in [0.3, 0.4) is 0 Å². The summed E-state index contributed by atoms with van der Waals surface area (Å²) in [6, 6.07) is 70.5. The maximum atomic E-state index is 2.44. The molecular formula is C48H32N2. The van der Waals surface area contributed by atoms with E-state index >= 15 is 0 Å². The number of fused-ring (bicyclic) bond motifs is 8. The van der Waals surface area contributed by atoms with Crippen molar-refractivity contribution >= 4 is 71.2 Å². The second-order valence-corrected chi connectivity index (χ2v) is 13.0. The van der Waals surface area contributed by atoms with Crippen molar-refractivity contribution in [1.82, 2.24) is 4.57 Å². The molecule has 0 saturated carbocycles. The Morgan fingerprint density at radius 3 is 1.78 bits per heavy atom. The van der Waals surface area contributed by atoms with Crippen LogP contribution in [0.5, 0.6) is 0 Å². The highest BCUT2D eigenvalue weighted by atomic mass is 15.2. The highest BCUT2D eigenvalue weighted by Gasteiger charge is 2.22. The zero-order valence-electron chi connectivity index (χ0n) is 27.4. The first-order valence-corrected chi connectivity index (χ1v) is 17.2. The molecule has 0 radical (unpaired) electrons. The number of hydrogen-bond acceptors (Lipinski definition) is 1. The Morgan fingerprint density at radius 2 is 0.940 bits per heavy atom. The molecule has 0 unspecified atom stereocenters. The summed E-state index contributed by atoms with van der Waals surface area (Å²) in [4.78, 5) is 2.44. The fourth-order valence-corrected chi connectivity index (χ4v) is 7.86. The highest BCUT2D eigenvalue weighted by Crippen LogP contribution is 2.45. The Bertz CT molecular complexity index is 2870. The summed E-state index contributed by atoms with van der Waals surface area (Å²) < 4.78 is 2.42. The number of para-hydroxylation sites is 3. The summed E-state index contributed by atoms with van der Waals surface area (Å²) in [6.45, 7) is 0. The molecule has 9 aromatic carbocycles. The van der Waals surface area contributed by atoms with E-state index in [0.717, 1.165) is 22.7 Å². The quantitative estimate of drug-likeness (QED) is 0.171. The lowest BCUT2D eigenvalue weighted by Gasteiger charge is -2.28. The molecule has 2 nitrogen and oxygen atoms in total. The molecule has 0 N–H and O–H groups in total. The zero-order valence-corrected chi connectivity index (χ0v) is 27.4. The average Bonchev–Trinajstić information content (AvgIpc) is 3.54. The van der Waals surface area contributed by atoms with Gasteiger partial charge in [-0.15, -0.1) is 0 Å². The summed E-state index contributed by atoms with van der Waals surface area (Å²) in [5.41, 5.74) is 9.23. The molecule has 1 aromatic heterocycles. The molecule has 0 aliphatic rings. The lowest BCUT2D eigenvalue weighted by molar-refractivity contribution is 1.17. The normalized spacial score (nSPS) is 11.6. The number of hydrogen-bond donors (Lipinski definition) is 0. The molecule has 0 spiro atoms. The van der Waals surface area contributed by atoms with E-state index in [0.29, 0.717) is 0 Å². The Balaban J connectivity index is 1.26. The van der Waals surface area contributed by atoms with Crippen molar-refractivity contribution in [3.05, 3.63) is 194 Å². The Kier molecular flexibility index (Phi) is 6.53. The van der Waals surface area contributed by atoms with Crippen molar-refractivity contribution < 1.29 is 0 Å². The third-order valence-corrected chi connectivity index (χ3v) is 10.1. The molecule has 234 valence electrons. The summed E-state index contributed by atoms with van der Waals surface area (Å²) in [7, 11) is 0. The second kappa shape index (κ2) is 11.5. The number of nitrogens with zero attached hydrogens (tertiary/aromatic N) is 2. The van der Waals surface area contributed by atoms with Crippen LogP contribution in [0.1, 0.15) is 0 Å². The zero-order chi connectivity index (χ0) is 33.0. The van der Waals surface area contributed by atoms with Gasteiger partial charge >= 0.3 is 0 Å². The minimum absolute atomic E-state index is 1.11. The molecule has 0 amide bonds. The first kappa shape index (κ1) is 28.4. The van der Waals surface area contributed by atoms with E-state index in [9.17, 15) is 0 Å². The van der Waals surface area contributed by atoms with Crippen LogP contribution in [0.15, 0.2) is 194 Å². The van der Waals surface area contributed by atoms with Crippen LogP contribution in [0, 0.1) is 0 Å². The van der Waals surface area contributed by atoms with Crippen molar-refractivity contribution in [2.45, 2.75) is 0 Å². The molecule has 0 bridgehead atoms. The van der Waals surface area contributed by atoms with Crippen molar-refractivity contribution in [1.29, 1.82) is 0 Å². The summed E-state index contributed by atoms with van der Waals surface area (Å²) >= 11 is 0. The lowest BCUT2D eigenvalue weighted by atomic mass is 9.96. The molecule has 0 saturated heterocycles. The standard InChI is InChI=1S/C48H32N2/c1-3-13-33(14-4-1)35-16-11-19-38(31-35)49(39-27-30-41-36(32-39)26-29-42-40-20-8-7-15-34(40)25-28-43(41)42)47-24-12-22-45-44-21-9-10-23-46(44)50(48(45)47)37-17-5-2-6-18-37/h1-32H. The van der Waals surface area contributed by atoms with Gasteiger partial charge in [0.1, 0.15) is 0 Å². The van der Waals surface area contributed by atoms with Gasteiger partial charge in [0.2, 0.25) is 0 Å². The molecule has 0 aliphatic carbocycles. The third-order valence-electron chi connectivity index (χ3n) is 10.1. The maximum absolute atomic E-state index is 2.44. The molecule has 2 heteroatoms. The van der Waals surface area contributed by atoms with E-state index in [1.54, 1.807) is 0 Å². The maximum Gasteiger partial charge on any atom is 0.0782 e. The largest absolute Gasteiger partial charge is 0.308 e. The van der Waals surface area contributed by atoms with Gasteiger partial charge in [0, 0.05) is 27.8 Å². The average molecular weight is 637 g/mol. The molecule has 10 rings (SSSR count). The summed E-state index contributed by atoms with van der Waals surface area (Å²) in [5.74, 6) is 0. The molecular weight excluding hydrogens is 605 g/mol. The SMILES string of the molecule is c1ccc(-c2cccc(N(c3ccc4c(ccc5c6ccccc6ccc45)c3)c3cccc4c5ccccc5n(-c5ccccc5)c34)c2)cc1. The minimum Gasteiger partial charge on any atom is -0.308 e. The Hall–Kier alpha value is -6.64. The van der Waals surface area contributed by atoms with Gasteiger partial charge in [-0.2, -0.15) is 0 Å². The number of anilines is 3. The van der Waals surface area contributed by atoms with Gasteiger partial charge < -0.3 is 9.47 Å². The van der Waals surface area contributed by atoms with Gasteiger partial charge in [-0.3, -0.25) is 0 Å². The van der Waals surface area contributed by atoms with Crippen molar-refractivity contribution in [2.24, 2.45) is 0 Å². The summed E-state index contributed by atoms with van der Waals surface area (Å²) in [5, 5.41) is 10.0. The van der Waals surface area contributed by atoms with E-state index in [2.05, 4.69) is 204 Å². The van der Waals surface area contributed by atoms with E-state index < -0.39 is 0 Å². The first-order valence-electron chi connectivity index (χ1n) is 17.2. The molecule has 1 heterocycles. The van der Waals surface area contributed by atoms with E-state index in [4.69, 9.17) is 0 Å². The van der Waals surface area contributed by atoms with Gasteiger partial charge in [0.15, 0.2) is 0 Å². The molecule has 10 aromatic rings. The smallest absolute Gasteiger partial charge is 0.0782 e. The number of rotatable bonds is 5. The summed E-state index contributed by atoms with van der Waals surface area (Å²) in [6.07, 6.45) is 0. The first-order chi connectivity index (χ1) is 24.8. The van der Waals surface area contributed by atoms with Crippen LogP contribution in [0.25, 0.3) is 70.9 Å². The lowest BCUT2D eigenvalue weighted by Crippen LogP contribution is -2.12. The Labute approximate surface area is 290 Å². The van der Waals surface area contributed by atoms with Gasteiger partial charge in [0.05, 0.1) is 16.7 Å². The highest BCUT2D eigenvalue weighted by molar-refractivity contribution is 6.18. The molecule has 0 atom stereocenters. The second-order valence-electron chi connectivity index (χ2n) is 13.0. The van der Waals surface area contributed by atoms with E-state index in [1.807, 2.05) is 0 Å². The van der Waals surface area contributed by atoms with Crippen LogP contribution in [-0.4, -0.2) is 4.57 Å². The Morgan fingerprint density at radius 1 is 0.340 bits per heavy atom. The topological polar surface area (TPSA) is 8.17 Å². The van der Waals surface area contributed by atoms with Crippen molar-refractivity contribution in [3.8, 4) is 16.8 Å². The van der Waals surface area contributed by atoms with E-state index in [1.165, 1.54) is 65.3 Å². The van der Waals surface area contributed by atoms with E-state index in [-0.39, 0.29) is 0 Å². The van der Waals surface area contributed by atoms with Crippen LogP contribution >= 0.6 is 0 Å². The number of aromatic nitrogens is 1. The fraction of sp³-hybridized carbons (Fsp3) is 0. The third kappa shape index (κ3) is 4.50. The minimum atomic E-state index is 1.11. The van der Waals surface area contributed by atoms with Crippen molar-refractivity contribution in [3.63, 3.8) is 0 Å². The number of benzene rings is 9. The van der Waals surface area contributed by atoms with Crippen LogP contribution in [0.4, 0.5) is 17.1 Å². The molecule has 50 heavy (non-hydrogen) atoms. The fourth-order valence-electron chi connectivity index (χ4n) is 7.86. The van der Waals surface area contributed by atoms with Crippen LogP contribution in [-0.2, 0) is 0 Å².